The lowest BCUT2D eigenvalue weighted by atomic mass is 10.1. The summed E-state index contributed by atoms with van der Waals surface area (Å²) in [5.41, 5.74) is 0.520. The second-order valence-electron chi connectivity index (χ2n) is 3.84. The van der Waals surface area contributed by atoms with Crippen molar-refractivity contribution in [2.75, 3.05) is 11.9 Å². The number of hydrogen-bond donors (Lipinski definition) is 1. The summed E-state index contributed by atoms with van der Waals surface area (Å²) in [5, 5.41) is 2.46. The van der Waals surface area contributed by atoms with Crippen LogP contribution in [0, 0.1) is 0 Å². The molecule has 1 rings (SSSR count). The molecule has 0 fully saturated rings. The summed E-state index contributed by atoms with van der Waals surface area (Å²) in [5.74, 6) is -5.80. The van der Waals surface area contributed by atoms with Crippen LogP contribution in [0.2, 0.25) is 0 Å². The molecule has 4 nitrogen and oxygen atoms in total. The topological polar surface area (TPSA) is 55.4 Å². The highest BCUT2D eigenvalue weighted by atomic mass is 19.3. The second kappa shape index (κ2) is 6.82. The number of nitrogens with one attached hydrogen (secondary N) is 1. The van der Waals surface area contributed by atoms with E-state index in [1.165, 1.54) is 6.92 Å². The van der Waals surface area contributed by atoms with Crippen molar-refractivity contribution in [3.05, 3.63) is 30.3 Å². The van der Waals surface area contributed by atoms with Gasteiger partial charge in [0.1, 0.15) is 0 Å². The van der Waals surface area contributed by atoms with E-state index in [9.17, 15) is 18.4 Å². The zero-order valence-corrected chi connectivity index (χ0v) is 10.5. The van der Waals surface area contributed by atoms with Gasteiger partial charge in [-0.15, -0.1) is 0 Å². The molecule has 1 N–H and O–H groups in total. The minimum absolute atomic E-state index is 0.120. The summed E-state index contributed by atoms with van der Waals surface area (Å²) in [7, 11) is 0. The van der Waals surface area contributed by atoms with Gasteiger partial charge in [0.2, 0.25) is 5.91 Å². The smallest absolute Gasteiger partial charge is 0.376 e. The molecule has 1 aromatic carbocycles. The number of ether oxygens (including phenoxy) is 1. The molecule has 0 spiro atoms. The molecule has 19 heavy (non-hydrogen) atoms. The first-order valence-corrected chi connectivity index (χ1v) is 5.85. The van der Waals surface area contributed by atoms with Gasteiger partial charge in [-0.2, -0.15) is 8.78 Å². The third kappa shape index (κ3) is 5.03. The quantitative estimate of drug-likeness (QED) is 0.809. The van der Waals surface area contributed by atoms with E-state index in [4.69, 9.17) is 0 Å². The third-order valence-corrected chi connectivity index (χ3v) is 2.30. The van der Waals surface area contributed by atoms with E-state index in [1.54, 1.807) is 30.3 Å². The Balaban J connectivity index is 2.44. The van der Waals surface area contributed by atoms with Gasteiger partial charge in [0.25, 0.3) is 0 Å². The fourth-order valence-electron chi connectivity index (χ4n) is 1.35. The average Bonchev–Trinajstić information content (AvgIpc) is 2.38. The highest BCUT2D eigenvalue weighted by molar-refractivity contribution is 5.91. The second-order valence-corrected chi connectivity index (χ2v) is 3.84. The molecule has 1 aromatic rings. The molecule has 0 aliphatic rings. The Hall–Kier alpha value is -1.98. The number of hydrogen-bond acceptors (Lipinski definition) is 3. The summed E-state index contributed by atoms with van der Waals surface area (Å²) >= 11 is 0. The number of anilines is 1. The lowest BCUT2D eigenvalue weighted by molar-refractivity contribution is -0.172. The van der Waals surface area contributed by atoms with Gasteiger partial charge in [0.15, 0.2) is 0 Å². The van der Waals surface area contributed by atoms with Crippen LogP contribution in [0.5, 0.6) is 0 Å². The van der Waals surface area contributed by atoms with Crippen molar-refractivity contribution in [3.63, 3.8) is 0 Å². The minimum atomic E-state index is -3.63. The monoisotopic (exact) mass is 271 g/mol. The van der Waals surface area contributed by atoms with Gasteiger partial charge in [-0.05, 0) is 19.1 Å². The molecule has 104 valence electrons. The third-order valence-electron chi connectivity index (χ3n) is 2.30. The van der Waals surface area contributed by atoms with Crippen molar-refractivity contribution in [1.29, 1.82) is 0 Å². The summed E-state index contributed by atoms with van der Waals surface area (Å²) in [4.78, 5) is 22.4. The van der Waals surface area contributed by atoms with Gasteiger partial charge in [-0.3, -0.25) is 4.79 Å². The molecule has 0 radical (unpaired) electrons. The lowest BCUT2D eigenvalue weighted by Gasteiger charge is -2.14. The number of benzene rings is 1. The average molecular weight is 271 g/mol. The summed E-state index contributed by atoms with van der Waals surface area (Å²) in [6.07, 6.45) is -1.33. The van der Waals surface area contributed by atoms with Gasteiger partial charge in [0.05, 0.1) is 6.61 Å². The van der Waals surface area contributed by atoms with E-state index >= 15 is 0 Å². The molecular weight excluding hydrogens is 256 g/mol. The van der Waals surface area contributed by atoms with Crippen molar-refractivity contribution in [2.24, 2.45) is 0 Å². The van der Waals surface area contributed by atoms with Crippen LogP contribution >= 0.6 is 0 Å². The zero-order valence-electron chi connectivity index (χ0n) is 10.5. The van der Waals surface area contributed by atoms with Crippen LogP contribution in [-0.2, 0) is 14.3 Å². The van der Waals surface area contributed by atoms with E-state index in [2.05, 4.69) is 10.1 Å². The summed E-state index contributed by atoms with van der Waals surface area (Å²) < 4.78 is 30.7. The molecule has 6 heteroatoms. The van der Waals surface area contributed by atoms with E-state index in [0.717, 1.165) is 0 Å². The SMILES string of the molecule is CCOC(=O)C(F)(F)CCC(=O)Nc1ccccc1. The van der Waals surface area contributed by atoms with Crippen LogP contribution in [0.25, 0.3) is 0 Å². The van der Waals surface area contributed by atoms with Crippen molar-refractivity contribution < 1.29 is 23.1 Å². The van der Waals surface area contributed by atoms with Crippen LogP contribution < -0.4 is 5.32 Å². The van der Waals surface area contributed by atoms with Crippen LogP contribution in [0.15, 0.2) is 30.3 Å². The molecule has 0 saturated carbocycles. The van der Waals surface area contributed by atoms with Crippen LogP contribution in [0.4, 0.5) is 14.5 Å². The zero-order chi connectivity index (χ0) is 14.3. The highest BCUT2D eigenvalue weighted by Crippen LogP contribution is 2.22. The van der Waals surface area contributed by atoms with Gasteiger partial charge in [-0.25, -0.2) is 4.79 Å². The molecule has 0 atom stereocenters. The van der Waals surface area contributed by atoms with Gasteiger partial charge in [0, 0.05) is 18.5 Å². The first-order valence-electron chi connectivity index (χ1n) is 5.85. The standard InChI is InChI=1S/C13H15F2NO3/c1-2-19-12(18)13(14,15)9-8-11(17)16-10-6-4-3-5-7-10/h3-7H,2,8-9H2,1H3,(H,16,17). The molecule has 0 aliphatic carbocycles. The van der Waals surface area contributed by atoms with Crippen LogP contribution in [-0.4, -0.2) is 24.4 Å². The maximum Gasteiger partial charge on any atom is 0.376 e. The number of carbonyl (C=O) groups is 2. The normalized spacial score (nSPS) is 10.9. The largest absolute Gasteiger partial charge is 0.462 e. The van der Waals surface area contributed by atoms with Gasteiger partial charge in [-0.1, -0.05) is 18.2 Å². The van der Waals surface area contributed by atoms with Crippen LogP contribution in [0.3, 0.4) is 0 Å². The Bertz CT molecular complexity index is 435. The van der Waals surface area contributed by atoms with Crippen molar-refractivity contribution in [3.8, 4) is 0 Å². The maximum absolute atomic E-state index is 13.2. The summed E-state index contributed by atoms with van der Waals surface area (Å²) in [6, 6.07) is 8.47. The fourth-order valence-corrected chi connectivity index (χ4v) is 1.35. The molecule has 0 aromatic heterocycles. The first-order chi connectivity index (χ1) is 8.95. The predicted octanol–water partition coefficient (Wildman–Crippen LogP) is 2.60. The molecule has 0 saturated heterocycles. The number of rotatable bonds is 6. The fraction of sp³-hybridized carbons (Fsp3) is 0.385. The molecule has 0 bridgehead atoms. The van der Waals surface area contributed by atoms with Crippen LogP contribution in [0.1, 0.15) is 19.8 Å². The predicted molar refractivity (Wildman–Crippen MR) is 65.9 cm³/mol. The summed E-state index contributed by atoms with van der Waals surface area (Å²) in [6.45, 7) is 1.32. The Morgan fingerprint density at radius 3 is 2.47 bits per heavy atom. The number of alkyl halides is 2. The molecule has 1 amide bonds. The molecule has 0 aliphatic heterocycles. The van der Waals surface area contributed by atoms with E-state index in [0.29, 0.717) is 5.69 Å². The molecule has 0 heterocycles. The van der Waals surface area contributed by atoms with E-state index in [-0.39, 0.29) is 6.61 Å². The van der Waals surface area contributed by atoms with E-state index < -0.39 is 30.6 Å². The molecule has 0 unspecified atom stereocenters. The first kappa shape index (κ1) is 15.1. The van der Waals surface area contributed by atoms with Crippen molar-refractivity contribution >= 4 is 17.6 Å². The Morgan fingerprint density at radius 2 is 1.89 bits per heavy atom. The Kier molecular flexibility index (Phi) is 5.41. The number of amides is 1. The maximum atomic E-state index is 13.2. The number of carbonyl (C=O) groups excluding carboxylic acids is 2. The lowest BCUT2D eigenvalue weighted by Crippen LogP contribution is -2.32. The number of esters is 1. The Labute approximate surface area is 109 Å². The highest BCUT2D eigenvalue weighted by Gasteiger charge is 2.40. The van der Waals surface area contributed by atoms with Gasteiger partial charge >= 0.3 is 11.9 Å². The Morgan fingerprint density at radius 1 is 1.26 bits per heavy atom. The minimum Gasteiger partial charge on any atom is -0.462 e. The molecular formula is C13H15F2NO3. The van der Waals surface area contributed by atoms with Crippen molar-refractivity contribution in [1.82, 2.24) is 0 Å². The van der Waals surface area contributed by atoms with E-state index in [1.807, 2.05) is 0 Å². The van der Waals surface area contributed by atoms with Crippen molar-refractivity contribution in [2.45, 2.75) is 25.7 Å². The number of para-hydroxylation sites is 1. The number of halogens is 2. The van der Waals surface area contributed by atoms with Gasteiger partial charge < -0.3 is 10.1 Å².